The molecule has 0 heterocycles. The lowest BCUT2D eigenvalue weighted by Crippen LogP contribution is -2.28. The van der Waals surface area contributed by atoms with Crippen molar-refractivity contribution >= 4 is 71.0 Å². The first-order valence-electron chi connectivity index (χ1n) is 15.0. The largest absolute Gasteiger partial charge is 0.469 e. The van der Waals surface area contributed by atoms with Gasteiger partial charge in [0.25, 0.3) is 0 Å². The number of guanidine groups is 1. The lowest BCUT2D eigenvalue weighted by molar-refractivity contribution is -0.138. The first kappa shape index (κ1) is 130. The molecule has 0 bridgehead atoms. The number of esters is 2. The summed E-state index contributed by atoms with van der Waals surface area (Å²) < 4.78 is 16.5. The summed E-state index contributed by atoms with van der Waals surface area (Å²) in [6.07, 6.45) is -0.815. The Labute approximate surface area is 400 Å². The van der Waals surface area contributed by atoms with Crippen LogP contribution in [0.2, 0.25) is 0 Å². The number of aliphatic imine (C=N–C) groups is 1. The van der Waals surface area contributed by atoms with Gasteiger partial charge in [0.1, 0.15) is 5.78 Å². The average Bonchev–Trinajstić information content (AvgIpc) is 3.17. The molecule has 404 valence electrons. The molecular weight excluding hydrogens is 859 g/mol. The Hall–Kier alpha value is -5.68. The summed E-state index contributed by atoms with van der Waals surface area (Å²) >= 11 is 4.63. The molecule has 0 atom stereocenters. The maximum absolute atomic E-state index is 9.96. The predicted octanol–water partition coefficient (Wildman–Crippen LogP) is 5.17. The van der Waals surface area contributed by atoms with Crippen LogP contribution in [0.4, 0.5) is 14.4 Å². The zero-order valence-electron chi connectivity index (χ0n) is 35.8. The third-order valence-electron chi connectivity index (χ3n) is 3.46. The van der Waals surface area contributed by atoms with Crippen molar-refractivity contribution in [3.63, 3.8) is 0 Å². The number of nitrogens with two attached hydrogens (primary N) is 1. The van der Waals surface area contributed by atoms with Gasteiger partial charge >= 0.3 is 30.2 Å². The molecule has 0 saturated carbocycles. The highest BCUT2D eigenvalue weighted by molar-refractivity contribution is 7.80. The summed E-state index contributed by atoms with van der Waals surface area (Å²) in [5.74, 6) is 0.153. The highest BCUT2D eigenvalue weighted by atomic mass is 32.1. The molecule has 0 aromatic carbocycles. The molecule has 0 radical (unpaired) electrons. The minimum absolute atomic E-state index is 0. The molecule has 6 amide bonds. The number of ether oxygens (including phenoxy) is 4. The number of hydrogen-bond donors (Lipinski definition) is 10. The number of urea groups is 1. The monoisotopic (exact) mass is 970 g/mol. The van der Waals surface area contributed by atoms with Gasteiger partial charge < -0.3 is 77.3 Å². The van der Waals surface area contributed by atoms with Crippen LogP contribution < -0.4 is 53.6 Å². The molecule has 0 fully saturated rings. The van der Waals surface area contributed by atoms with Gasteiger partial charge in [-0.2, -0.15) is 0 Å². The molecule has 23 nitrogen and oxygen atoms in total. The Bertz CT molecular complexity index is 834. The molecule has 0 rings (SSSR count). The average molecular weight is 970 g/mol. The van der Waals surface area contributed by atoms with Crippen LogP contribution in [0.5, 0.6) is 0 Å². The second-order valence-corrected chi connectivity index (χ2v) is 8.32. The van der Waals surface area contributed by atoms with E-state index in [0.717, 1.165) is 0 Å². The maximum Gasteiger partial charge on any atom is 0.406 e. The smallest absolute Gasteiger partial charge is 0.406 e. The standard InChI is InChI=1S/C3H9N3.C3H8N2O.C3H8N2S.2C3H7NO2.2C3H7NO.2C3H6O2.C3H6O.10CH4/c1-5-3(4)6-2;2*1-4-3(6)5-2;2*1-4-3(5)6-2;2*1-3(5)4-2;2*1-3(4)5-2;1-3(2)4;;;;;;;;;;/h1-2H3,(H3,4,5,6);2*1-2H3,(H2,4,5,6);2*1-2H3,(H,4,5);2*1-2H3,(H,4,5);2*1-2H3;1-2H3;10*1H4. The van der Waals surface area contributed by atoms with Gasteiger partial charge in [0.05, 0.1) is 28.4 Å². The van der Waals surface area contributed by atoms with Crippen molar-refractivity contribution in [2.24, 2.45) is 10.7 Å². The summed E-state index contributed by atoms with van der Waals surface area (Å²) in [6.45, 7) is 8.72. The second kappa shape index (κ2) is 124. The third kappa shape index (κ3) is 346. The highest BCUT2D eigenvalue weighted by Crippen LogP contribution is 1.63. The van der Waals surface area contributed by atoms with Gasteiger partial charge in [-0.3, -0.25) is 24.2 Å². The summed E-state index contributed by atoms with van der Waals surface area (Å²) in [6, 6.07) is -0.157. The van der Waals surface area contributed by atoms with Crippen LogP contribution in [0.25, 0.3) is 0 Å². The molecule has 0 spiro atoms. The third-order valence-corrected chi connectivity index (χ3v) is 3.87. The molecule has 0 unspecified atom stereocenters. The number of Topliss-reactive ketones (excluding diaryl/α,β-unsaturated/α-hetero) is 1. The lowest BCUT2D eigenvalue weighted by Gasteiger charge is -1.95. The minimum atomic E-state index is -0.407. The SMILES string of the molecule is C.C.C.C.C.C.C.C.C.C.CC(C)=O.CN=C(N)NC.CNC(=O)NC.CNC(=O)OC.CNC(=O)OC.CNC(=S)NC.CNC(C)=O.CNC(C)=O.COC(C)=O.COC(C)=O. The molecule has 0 aliphatic heterocycles. The number of carbonyl (C=O) groups excluding carboxylic acids is 8. The van der Waals surface area contributed by atoms with Gasteiger partial charge in [0.15, 0.2) is 11.1 Å². The van der Waals surface area contributed by atoms with E-state index in [4.69, 9.17) is 5.73 Å². The van der Waals surface area contributed by atoms with E-state index < -0.39 is 12.2 Å². The van der Waals surface area contributed by atoms with Crippen LogP contribution in [0.15, 0.2) is 4.99 Å². The first-order valence-corrected chi connectivity index (χ1v) is 15.4. The molecule has 11 N–H and O–H groups in total. The number of methoxy groups -OCH3 is 4. The van der Waals surface area contributed by atoms with Gasteiger partial charge in [-0.1, -0.05) is 74.3 Å². The molecule has 24 heteroatoms. The second-order valence-electron chi connectivity index (χ2n) is 7.91. The van der Waals surface area contributed by atoms with Crippen molar-refractivity contribution in [1.82, 2.24) is 47.9 Å². The first-order chi connectivity index (χ1) is 24.9. The lowest BCUT2D eigenvalue weighted by atomic mass is 10.6. The number of amides is 6. The van der Waals surface area contributed by atoms with Gasteiger partial charge in [0.2, 0.25) is 11.8 Å². The van der Waals surface area contributed by atoms with Crippen LogP contribution >= 0.6 is 12.2 Å². The van der Waals surface area contributed by atoms with Gasteiger partial charge in [0, 0.05) is 98.2 Å². The Morgan fingerprint density at radius 2 is 0.594 bits per heavy atom. The van der Waals surface area contributed by atoms with Crippen molar-refractivity contribution in [2.75, 3.05) is 98.9 Å². The molecule has 0 aromatic heterocycles. The van der Waals surface area contributed by atoms with E-state index in [1.54, 1.807) is 56.4 Å². The van der Waals surface area contributed by atoms with Crippen LogP contribution in [-0.2, 0) is 42.9 Å². The van der Waals surface area contributed by atoms with E-state index in [1.807, 2.05) is 0 Å². The minimum Gasteiger partial charge on any atom is -0.469 e. The van der Waals surface area contributed by atoms with Crippen molar-refractivity contribution in [2.45, 2.75) is 116 Å². The van der Waals surface area contributed by atoms with E-state index in [1.165, 1.54) is 84.1 Å². The zero-order chi connectivity index (χ0) is 45.7. The summed E-state index contributed by atoms with van der Waals surface area (Å²) in [7, 11) is 21.6. The fourth-order valence-electron chi connectivity index (χ4n) is 0.566. The molecule has 0 saturated heterocycles. The molecule has 0 aliphatic rings. The van der Waals surface area contributed by atoms with E-state index >= 15 is 0 Å². The van der Waals surface area contributed by atoms with Crippen molar-refractivity contribution in [3.05, 3.63) is 0 Å². The number of hydrogen-bond acceptors (Lipinski definition) is 14. The van der Waals surface area contributed by atoms with Crippen LogP contribution in [0, 0.1) is 0 Å². The van der Waals surface area contributed by atoms with E-state index in [2.05, 4.69) is 84.0 Å². The highest BCUT2D eigenvalue weighted by Gasteiger charge is 1.86. The van der Waals surface area contributed by atoms with Crippen molar-refractivity contribution in [3.8, 4) is 0 Å². The van der Waals surface area contributed by atoms with Crippen LogP contribution in [0.1, 0.15) is 116 Å². The van der Waals surface area contributed by atoms with E-state index in [-0.39, 0.29) is 110 Å². The Morgan fingerprint density at radius 1 is 0.406 bits per heavy atom. The summed E-state index contributed by atoms with van der Waals surface area (Å²) in [4.78, 5) is 81.3. The fraction of sp³-hybridized carbons (Fsp3) is 0.750. The predicted molar refractivity (Wildman–Crippen MR) is 282 cm³/mol. The van der Waals surface area contributed by atoms with E-state index in [0.29, 0.717) is 11.1 Å². The summed E-state index contributed by atoms with van der Waals surface area (Å²) in [5.41, 5.74) is 5.11. The topological polar surface area (TPSA) is 320 Å². The number of nitrogens with zero attached hydrogens (tertiary/aromatic N) is 1. The molecule has 0 aliphatic carbocycles. The number of thiocarbonyl (C=S) groups is 1. The summed E-state index contributed by atoms with van der Waals surface area (Å²) in [5, 5.41) is 22.8. The number of rotatable bonds is 0. The number of carbonyl (C=O) groups is 8. The number of nitrogens with one attached hydrogen (secondary N) is 9. The normalized spacial score (nSPS) is 6.22. The zero-order valence-corrected chi connectivity index (χ0v) is 36.6. The molecule has 0 aromatic rings. The van der Waals surface area contributed by atoms with Gasteiger partial charge in [-0.15, -0.1) is 0 Å². The Kier molecular flexibility index (Phi) is 252. The van der Waals surface area contributed by atoms with Gasteiger partial charge in [-0.05, 0) is 26.1 Å². The Balaban J connectivity index is -0.0000000184. The van der Waals surface area contributed by atoms with Crippen LogP contribution in [-0.4, -0.2) is 158 Å². The maximum atomic E-state index is 9.96. The van der Waals surface area contributed by atoms with Crippen molar-refractivity contribution in [1.29, 1.82) is 0 Å². The van der Waals surface area contributed by atoms with Crippen LogP contribution in [0.3, 0.4) is 0 Å². The van der Waals surface area contributed by atoms with Crippen molar-refractivity contribution < 1.29 is 57.3 Å². The van der Waals surface area contributed by atoms with E-state index in [9.17, 15) is 38.4 Å². The number of ketones is 1. The Morgan fingerprint density at radius 3 is 0.594 bits per heavy atom. The fourth-order valence-corrected chi connectivity index (χ4v) is 0.566. The van der Waals surface area contributed by atoms with Gasteiger partial charge in [-0.25, -0.2) is 14.4 Å². The molecule has 64 heavy (non-hydrogen) atoms. The quantitative estimate of drug-likeness (QED) is 0.0492. The number of alkyl carbamates (subject to hydrolysis) is 2. The molecular formula is C40H111N11O12S.